The molecule has 0 aliphatic carbocycles. The van der Waals surface area contributed by atoms with Crippen molar-refractivity contribution in [2.45, 2.75) is 33.2 Å². The highest BCUT2D eigenvalue weighted by Crippen LogP contribution is 2.25. The minimum Gasteiger partial charge on any atom is -0.319 e. The zero-order valence-corrected chi connectivity index (χ0v) is 11.6. The highest BCUT2D eigenvalue weighted by molar-refractivity contribution is 5.94. The molecule has 1 aromatic rings. The van der Waals surface area contributed by atoms with E-state index in [2.05, 4.69) is 10.6 Å². The van der Waals surface area contributed by atoms with Crippen LogP contribution in [0.15, 0.2) is 18.2 Å². The van der Waals surface area contributed by atoms with E-state index in [1.165, 1.54) is 6.07 Å². The second kappa shape index (κ2) is 5.79. The molecule has 0 aliphatic heterocycles. The maximum Gasteiger partial charge on any atom is 0.293 e. The molecule has 0 fully saturated rings. The first-order valence-corrected chi connectivity index (χ1v) is 5.99. The second-order valence-electron chi connectivity index (χ2n) is 5.43. The normalized spacial score (nSPS) is 11.2. The zero-order valence-electron chi connectivity index (χ0n) is 11.6. The van der Waals surface area contributed by atoms with Crippen LogP contribution in [0.3, 0.4) is 0 Å². The standard InChI is InChI=1S/C13H19N3O3/c1-9-5-6-10(11(7-9)16(18)19)15-12(17)8-14-13(2,3)4/h5-7,14H,8H2,1-4H3,(H,15,17). The average Bonchev–Trinajstić information content (AvgIpc) is 2.28. The van der Waals surface area contributed by atoms with Gasteiger partial charge in [0.2, 0.25) is 5.91 Å². The van der Waals surface area contributed by atoms with Gasteiger partial charge in [-0.3, -0.25) is 14.9 Å². The van der Waals surface area contributed by atoms with E-state index in [1.807, 2.05) is 20.8 Å². The molecule has 0 radical (unpaired) electrons. The van der Waals surface area contributed by atoms with Crippen LogP contribution < -0.4 is 10.6 Å². The lowest BCUT2D eigenvalue weighted by molar-refractivity contribution is -0.384. The van der Waals surface area contributed by atoms with Gasteiger partial charge in [-0.1, -0.05) is 6.07 Å². The van der Waals surface area contributed by atoms with Gasteiger partial charge in [-0.2, -0.15) is 0 Å². The molecule has 0 unspecified atom stereocenters. The van der Waals surface area contributed by atoms with Crippen LogP contribution >= 0.6 is 0 Å². The number of amides is 1. The maximum absolute atomic E-state index is 11.7. The number of carbonyl (C=O) groups is 1. The van der Waals surface area contributed by atoms with Gasteiger partial charge >= 0.3 is 0 Å². The summed E-state index contributed by atoms with van der Waals surface area (Å²) >= 11 is 0. The van der Waals surface area contributed by atoms with E-state index in [4.69, 9.17) is 0 Å². The van der Waals surface area contributed by atoms with Crippen LogP contribution in [-0.4, -0.2) is 22.9 Å². The van der Waals surface area contributed by atoms with Gasteiger partial charge in [-0.25, -0.2) is 0 Å². The molecule has 0 aliphatic rings. The lowest BCUT2D eigenvalue weighted by Gasteiger charge is -2.20. The van der Waals surface area contributed by atoms with Gasteiger partial charge in [0.15, 0.2) is 0 Å². The zero-order chi connectivity index (χ0) is 14.6. The molecule has 104 valence electrons. The average molecular weight is 265 g/mol. The Morgan fingerprint density at radius 1 is 1.37 bits per heavy atom. The van der Waals surface area contributed by atoms with Crippen LogP contribution in [0.4, 0.5) is 11.4 Å². The smallest absolute Gasteiger partial charge is 0.293 e. The number of benzene rings is 1. The Bertz CT molecular complexity index is 492. The van der Waals surface area contributed by atoms with Crippen LogP contribution in [-0.2, 0) is 4.79 Å². The predicted octanol–water partition coefficient (Wildman–Crippen LogP) is 2.23. The molecule has 1 amide bonds. The molecular weight excluding hydrogens is 246 g/mol. The number of hydrogen-bond acceptors (Lipinski definition) is 4. The molecular formula is C13H19N3O3. The van der Waals surface area contributed by atoms with Crippen LogP contribution in [0.25, 0.3) is 0 Å². The minimum atomic E-state index is -0.500. The third-order valence-electron chi connectivity index (χ3n) is 2.40. The fourth-order valence-electron chi connectivity index (χ4n) is 1.44. The van der Waals surface area contributed by atoms with Gasteiger partial charge in [0.25, 0.3) is 5.69 Å². The first kappa shape index (κ1) is 15.1. The van der Waals surface area contributed by atoms with Crippen molar-refractivity contribution in [3.63, 3.8) is 0 Å². The maximum atomic E-state index is 11.7. The Labute approximate surface area is 112 Å². The summed E-state index contributed by atoms with van der Waals surface area (Å²) in [5, 5.41) is 16.5. The van der Waals surface area contributed by atoms with Crippen molar-refractivity contribution < 1.29 is 9.72 Å². The van der Waals surface area contributed by atoms with Gasteiger partial charge in [0, 0.05) is 11.6 Å². The van der Waals surface area contributed by atoms with Gasteiger partial charge in [-0.15, -0.1) is 0 Å². The van der Waals surface area contributed by atoms with E-state index in [0.29, 0.717) is 0 Å². The van der Waals surface area contributed by atoms with Gasteiger partial charge < -0.3 is 10.6 Å². The monoisotopic (exact) mass is 265 g/mol. The number of rotatable bonds is 4. The number of nitro groups is 1. The number of nitrogens with zero attached hydrogens (tertiary/aromatic N) is 1. The number of hydrogen-bond donors (Lipinski definition) is 2. The topological polar surface area (TPSA) is 84.3 Å². The molecule has 0 atom stereocenters. The Hall–Kier alpha value is -1.95. The molecule has 1 aromatic carbocycles. The molecule has 2 N–H and O–H groups in total. The Kier molecular flexibility index (Phi) is 4.61. The van der Waals surface area contributed by atoms with Crippen LogP contribution in [0.2, 0.25) is 0 Å². The van der Waals surface area contributed by atoms with Crippen molar-refractivity contribution in [1.82, 2.24) is 5.32 Å². The Morgan fingerprint density at radius 3 is 2.53 bits per heavy atom. The summed E-state index contributed by atoms with van der Waals surface area (Å²) in [5.41, 5.74) is 0.717. The minimum absolute atomic E-state index is 0.0934. The van der Waals surface area contributed by atoms with Crippen molar-refractivity contribution in [2.24, 2.45) is 0 Å². The molecule has 19 heavy (non-hydrogen) atoms. The Morgan fingerprint density at radius 2 is 2.00 bits per heavy atom. The molecule has 0 spiro atoms. The summed E-state index contributed by atoms with van der Waals surface area (Å²) in [6.45, 7) is 7.69. The fraction of sp³-hybridized carbons (Fsp3) is 0.462. The molecule has 0 bridgehead atoms. The number of nitrogens with one attached hydrogen (secondary N) is 2. The van der Waals surface area contributed by atoms with Gasteiger partial charge in [0.1, 0.15) is 5.69 Å². The number of aryl methyl sites for hydroxylation is 1. The largest absolute Gasteiger partial charge is 0.319 e. The highest BCUT2D eigenvalue weighted by Gasteiger charge is 2.17. The van der Waals surface area contributed by atoms with E-state index in [0.717, 1.165) is 5.56 Å². The SMILES string of the molecule is Cc1ccc(NC(=O)CNC(C)(C)C)c([N+](=O)[O-])c1. The number of nitro benzene ring substituents is 1. The van der Waals surface area contributed by atoms with Gasteiger partial charge in [-0.05, 0) is 39.3 Å². The molecule has 0 heterocycles. The molecule has 0 saturated heterocycles. The van der Waals surface area contributed by atoms with Crippen molar-refractivity contribution in [3.05, 3.63) is 33.9 Å². The number of carbonyl (C=O) groups excluding carboxylic acids is 1. The molecule has 0 saturated carbocycles. The first-order chi connectivity index (χ1) is 8.69. The lowest BCUT2D eigenvalue weighted by atomic mass is 10.1. The first-order valence-electron chi connectivity index (χ1n) is 5.99. The quantitative estimate of drug-likeness (QED) is 0.646. The summed E-state index contributed by atoms with van der Waals surface area (Å²) in [7, 11) is 0. The fourth-order valence-corrected chi connectivity index (χ4v) is 1.44. The number of anilines is 1. The summed E-state index contributed by atoms with van der Waals surface area (Å²) < 4.78 is 0. The Balaban J connectivity index is 2.77. The van der Waals surface area contributed by atoms with Crippen molar-refractivity contribution in [1.29, 1.82) is 0 Å². The van der Waals surface area contributed by atoms with E-state index in [-0.39, 0.29) is 29.4 Å². The summed E-state index contributed by atoms with van der Waals surface area (Å²) in [6, 6.07) is 4.70. The van der Waals surface area contributed by atoms with E-state index in [1.54, 1.807) is 19.1 Å². The predicted molar refractivity (Wildman–Crippen MR) is 74.2 cm³/mol. The van der Waals surface area contributed by atoms with Crippen LogP contribution in [0.5, 0.6) is 0 Å². The second-order valence-corrected chi connectivity index (χ2v) is 5.43. The third kappa shape index (κ3) is 5.05. The van der Waals surface area contributed by atoms with E-state index >= 15 is 0 Å². The summed E-state index contributed by atoms with van der Waals surface area (Å²) in [4.78, 5) is 22.1. The molecule has 0 aromatic heterocycles. The molecule has 6 nitrogen and oxygen atoms in total. The lowest BCUT2D eigenvalue weighted by Crippen LogP contribution is -2.41. The van der Waals surface area contributed by atoms with Gasteiger partial charge in [0.05, 0.1) is 11.5 Å². The van der Waals surface area contributed by atoms with Crippen molar-refractivity contribution >= 4 is 17.3 Å². The van der Waals surface area contributed by atoms with Crippen LogP contribution in [0.1, 0.15) is 26.3 Å². The molecule has 1 rings (SSSR count). The van der Waals surface area contributed by atoms with E-state index < -0.39 is 4.92 Å². The van der Waals surface area contributed by atoms with E-state index in [9.17, 15) is 14.9 Å². The summed E-state index contributed by atoms with van der Waals surface area (Å²) in [5.74, 6) is -0.304. The van der Waals surface area contributed by atoms with Crippen molar-refractivity contribution in [2.75, 3.05) is 11.9 Å². The summed E-state index contributed by atoms with van der Waals surface area (Å²) in [6.07, 6.45) is 0. The third-order valence-corrected chi connectivity index (χ3v) is 2.40. The van der Waals surface area contributed by atoms with Crippen molar-refractivity contribution in [3.8, 4) is 0 Å². The van der Waals surface area contributed by atoms with Crippen LogP contribution in [0, 0.1) is 17.0 Å². The molecule has 6 heteroatoms. The highest BCUT2D eigenvalue weighted by atomic mass is 16.6.